The SMILES string of the molecule is Cc1ccc(/C(=N/[Si](C)C)[Si](C)C)cc1. The highest BCUT2D eigenvalue weighted by molar-refractivity contribution is 6.93. The fourth-order valence-corrected chi connectivity index (χ4v) is 4.29. The van der Waals surface area contributed by atoms with Crippen LogP contribution in [0.4, 0.5) is 0 Å². The maximum absolute atomic E-state index is 4.84. The summed E-state index contributed by atoms with van der Waals surface area (Å²) >= 11 is 0. The van der Waals surface area contributed by atoms with E-state index in [0.29, 0.717) is 0 Å². The van der Waals surface area contributed by atoms with Crippen molar-refractivity contribution < 1.29 is 0 Å². The lowest BCUT2D eigenvalue weighted by Crippen LogP contribution is -2.21. The molecule has 0 bridgehead atoms. The minimum Gasteiger partial charge on any atom is -0.331 e. The van der Waals surface area contributed by atoms with Crippen LogP contribution < -0.4 is 0 Å². The Morgan fingerprint density at radius 3 is 1.93 bits per heavy atom. The summed E-state index contributed by atoms with van der Waals surface area (Å²) in [6.07, 6.45) is 0. The molecule has 2 radical (unpaired) electrons. The van der Waals surface area contributed by atoms with E-state index in [1.165, 1.54) is 16.5 Å². The molecule has 0 saturated heterocycles. The van der Waals surface area contributed by atoms with Crippen molar-refractivity contribution in [3.05, 3.63) is 35.4 Å². The fraction of sp³-hybridized carbons (Fsp3) is 0.417. The Kier molecular flexibility index (Phi) is 4.48. The van der Waals surface area contributed by atoms with Crippen LogP contribution in [0.25, 0.3) is 0 Å². The van der Waals surface area contributed by atoms with Crippen molar-refractivity contribution in [3.63, 3.8) is 0 Å². The second-order valence-electron chi connectivity index (χ2n) is 4.27. The normalized spacial score (nSPS) is 12.6. The lowest BCUT2D eigenvalue weighted by atomic mass is 10.2. The molecule has 1 aromatic carbocycles. The summed E-state index contributed by atoms with van der Waals surface area (Å²) in [5, 5.41) is 1.36. The van der Waals surface area contributed by atoms with Crippen molar-refractivity contribution >= 4 is 23.1 Å². The van der Waals surface area contributed by atoms with Gasteiger partial charge >= 0.3 is 0 Å². The second kappa shape index (κ2) is 5.42. The number of aryl methyl sites for hydroxylation is 1. The molecule has 0 aliphatic rings. The van der Waals surface area contributed by atoms with Gasteiger partial charge in [0.15, 0.2) is 8.96 Å². The van der Waals surface area contributed by atoms with Crippen LogP contribution >= 0.6 is 0 Å². The molecule has 0 atom stereocenters. The molecule has 0 aliphatic heterocycles. The summed E-state index contributed by atoms with van der Waals surface area (Å²) in [7, 11) is -0.979. The zero-order chi connectivity index (χ0) is 11.4. The molecule has 0 aromatic heterocycles. The van der Waals surface area contributed by atoms with Crippen molar-refractivity contribution in [3.8, 4) is 0 Å². The van der Waals surface area contributed by atoms with Crippen LogP contribution in [-0.2, 0) is 0 Å². The van der Waals surface area contributed by atoms with Crippen molar-refractivity contribution in [2.24, 2.45) is 4.66 Å². The van der Waals surface area contributed by atoms with Gasteiger partial charge in [-0.25, -0.2) is 0 Å². The Balaban J connectivity index is 3.05. The van der Waals surface area contributed by atoms with E-state index < -0.39 is 17.8 Å². The first-order chi connectivity index (χ1) is 7.00. The maximum atomic E-state index is 4.84. The molecule has 0 N–H and O–H groups in total. The van der Waals surface area contributed by atoms with Crippen molar-refractivity contribution in [2.45, 2.75) is 33.1 Å². The van der Waals surface area contributed by atoms with Gasteiger partial charge in [-0.05, 0) is 12.5 Å². The van der Waals surface area contributed by atoms with Gasteiger partial charge in [0.25, 0.3) is 0 Å². The molecule has 80 valence electrons. The molecule has 1 nitrogen and oxygen atoms in total. The van der Waals surface area contributed by atoms with Crippen LogP contribution in [0.5, 0.6) is 0 Å². The predicted molar refractivity (Wildman–Crippen MR) is 72.7 cm³/mol. The highest BCUT2D eigenvalue weighted by Gasteiger charge is 2.10. The lowest BCUT2D eigenvalue weighted by molar-refractivity contribution is 1.46. The first kappa shape index (κ1) is 12.4. The summed E-state index contributed by atoms with van der Waals surface area (Å²) in [4.78, 5) is 0. The van der Waals surface area contributed by atoms with Gasteiger partial charge < -0.3 is 4.66 Å². The third kappa shape index (κ3) is 3.76. The van der Waals surface area contributed by atoms with Gasteiger partial charge in [0.05, 0.1) is 0 Å². The third-order valence-electron chi connectivity index (χ3n) is 2.13. The first-order valence-electron chi connectivity index (χ1n) is 5.27. The quantitative estimate of drug-likeness (QED) is 0.561. The largest absolute Gasteiger partial charge is 0.331 e. The number of nitrogens with zero attached hydrogens (tertiary/aromatic N) is 1. The van der Waals surface area contributed by atoms with Gasteiger partial charge in [0.1, 0.15) is 8.80 Å². The molecule has 0 amide bonds. The van der Waals surface area contributed by atoms with Gasteiger partial charge in [-0.1, -0.05) is 56.0 Å². The average molecular weight is 233 g/mol. The summed E-state index contributed by atoms with van der Waals surface area (Å²) < 4.78 is 4.84. The molecule has 0 aliphatic carbocycles. The molecule has 15 heavy (non-hydrogen) atoms. The van der Waals surface area contributed by atoms with Gasteiger partial charge in [-0.15, -0.1) is 0 Å². The topological polar surface area (TPSA) is 12.4 Å². The number of hydrogen-bond acceptors (Lipinski definition) is 1. The fourth-order valence-electron chi connectivity index (χ4n) is 1.40. The molecular weight excluding hydrogens is 214 g/mol. The Labute approximate surface area is 96.6 Å². The zero-order valence-electron chi connectivity index (χ0n) is 10.3. The van der Waals surface area contributed by atoms with Crippen LogP contribution in [0.3, 0.4) is 0 Å². The highest BCUT2D eigenvalue weighted by atomic mass is 28.3. The maximum Gasteiger partial charge on any atom is 0.189 e. The molecule has 0 fully saturated rings. The Morgan fingerprint density at radius 2 is 1.53 bits per heavy atom. The Morgan fingerprint density at radius 1 is 1.00 bits per heavy atom. The van der Waals surface area contributed by atoms with Crippen LogP contribution in [0.15, 0.2) is 28.9 Å². The van der Waals surface area contributed by atoms with Crippen LogP contribution in [0, 0.1) is 6.92 Å². The van der Waals surface area contributed by atoms with Gasteiger partial charge in [-0.2, -0.15) is 0 Å². The molecule has 0 unspecified atom stereocenters. The van der Waals surface area contributed by atoms with E-state index in [1.807, 2.05) is 0 Å². The van der Waals surface area contributed by atoms with E-state index in [4.69, 9.17) is 4.66 Å². The van der Waals surface area contributed by atoms with Gasteiger partial charge in [0, 0.05) is 5.33 Å². The van der Waals surface area contributed by atoms with E-state index in [9.17, 15) is 0 Å². The monoisotopic (exact) mass is 233 g/mol. The molecule has 0 saturated carbocycles. The van der Waals surface area contributed by atoms with Crippen LogP contribution in [0.2, 0.25) is 26.2 Å². The van der Waals surface area contributed by atoms with Gasteiger partial charge in [-0.3, -0.25) is 0 Å². The van der Waals surface area contributed by atoms with Crippen molar-refractivity contribution in [1.29, 1.82) is 0 Å². The summed E-state index contributed by atoms with van der Waals surface area (Å²) in [6, 6.07) is 8.76. The molecular formula is C12H19NSi2. The molecule has 0 heterocycles. The average Bonchev–Trinajstić information content (AvgIpc) is 2.15. The lowest BCUT2D eigenvalue weighted by Gasteiger charge is -2.11. The van der Waals surface area contributed by atoms with E-state index in [1.54, 1.807) is 0 Å². The van der Waals surface area contributed by atoms with E-state index in [-0.39, 0.29) is 0 Å². The third-order valence-corrected chi connectivity index (χ3v) is 4.38. The minimum absolute atomic E-state index is 0.458. The molecule has 0 spiro atoms. The Bertz CT molecular complexity index is 339. The first-order valence-corrected chi connectivity index (χ1v) is 10.2. The predicted octanol–water partition coefficient (Wildman–Crippen LogP) is 3.33. The standard InChI is InChI=1S/C12H19NSi2/c1-10-6-8-11(9-7-10)12(14(2)3)13-15(4)5/h6-9H,1-5H3/b13-12-. The van der Waals surface area contributed by atoms with E-state index in [2.05, 4.69) is 57.4 Å². The molecule has 3 heteroatoms. The summed E-state index contributed by atoms with van der Waals surface area (Å²) in [6.45, 7) is 11.2. The number of benzene rings is 1. The Hall–Kier alpha value is -0.676. The van der Waals surface area contributed by atoms with Gasteiger partial charge in [0.2, 0.25) is 0 Å². The molecule has 1 rings (SSSR count). The van der Waals surface area contributed by atoms with Crippen molar-refractivity contribution in [2.75, 3.05) is 0 Å². The number of hydrogen-bond donors (Lipinski definition) is 0. The number of rotatable bonds is 3. The summed E-state index contributed by atoms with van der Waals surface area (Å²) in [5.41, 5.74) is 2.64. The smallest absolute Gasteiger partial charge is 0.189 e. The summed E-state index contributed by atoms with van der Waals surface area (Å²) in [5.74, 6) is 0. The second-order valence-corrected chi connectivity index (χ2v) is 8.87. The van der Waals surface area contributed by atoms with Crippen molar-refractivity contribution in [1.82, 2.24) is 0 Å². The zero-order valence-corrected chi connectivity index (χ0v) is 12.3. The van der Waals surface area contributed by atoms with Crippen LogP contribution in [-0.4, -0.2) is 23.1 Å². The van der Waals surface area contributed by atoms with E-state index in [0.717, 1.165) is 0 Å². The van der Waals surface area contributed by atoms with E-state index >= 15 is 0 Å². The van der Waals surface area contributed by atoms with Crippen LogP contribution in [0.1, 0.15) is 11.1 Å². The molecule has 1 aromatic rings. The minimum atomic E-state index is -0.522. The highest BCUT2D eigenvalue weighted by Crippen LogP contribution is 2.08.